The molecular formula is C35H39F3N8O2S. The Kier molecular flexibility index (Phi) is 7.90. The summed E-state index contributed by atoms with van der Waals surface area (Å²) in [5, 5.41) is 10.2. The average Bonchev–Trinajstić information content (AvgIpc) is 3.75. The minimum Gasteiger partial charge on any atom is -0.463 e. The van der Waals surface area contributed by atoms with E-state index in [0.29, 0.717) is 36.5 Å². The maximum Gasteiger partial charge on any atom is 0.319 e. The van der Waals surface area contributed by atoms with Crippen LogP contribution in [0.3, 0.4) is 0 Å². The molecule has 9 rings (SSSR count). The Morgan fingerprint density at radius 2 is 1.94 bits per heavy atom. The first-order valence-electron chi connectivity index (χ1n) is 16.9. The van der Waals surface area contributed by atoms with E-state index in [0.717, 1.165) is 82.0 Å². The lowest BCUT2D eigenvalue weighted by atomic mass is 9.75. The zero-order valence-electron chi connectivity index (χ0n) is 27.9. The van der Waals surface area contributed by atoms with E-state index in [-0.39, 0.29) is 54.4 Å². The van der Waals surface area contributed by atoms with Gasteiger partial charge in [0.05, 0.1) is 35.0 Å². The van der Waals surface area contributed by atoms with E-state index in [9.17, 15) is 14.0 Å². The van der Waals surface area contributed by atoms with E-state index in [1.54, 1.807) is 0 Å². The molecule has 0 spiro atoms. The van der Waals surface area contributed by atoms with Crippen LogP contribution in [0.25, 0.3) is 32.2 Å². The van der Waals surface area contributed by atoms with Gasteiger partial charge in [0.1, 0.15) is 28.1 Å². The summed E-state index contributed by atoms with van der Waals surface area (Å²) < 4.78 is 58.7. The summed E-state index contributed by atoms with van der Waals surface area (Å²) in [6, 6.07) is 3.29. The molecule has 5 fully saturated rings. The second kappa shape index (κ2) is 11.9. The number of morpholine rings is 1. The Labute approximate surface area is 286 Å². The highest BCUT2D eigenvalue weighted by molar-refractivity contribution is 7.23. The normalized spacial score (nSPS) is 22.4. The molecule has 49 heavy (non-hydrogen) atoms. The van der Waals surface area contributed by atoms with Crippen LogP contribution in [0.1, 0.15) is 50.5 Å². The van der Waals surface area contributed by atoms with E-state index < -0.39 is 17.5 Å². The highest BCUT2D eigenvalue weighted by atomic mass is 32.1. The van der Waals surface area contributed by atoms with Crippen molar-refractivity contribution >= 4 is 43.1 Å². The monoisotopic (exact) mass is 692 g/mol. The van der Waals surface area contributed by atoms with Crippen molar-refractivity contribution in [3.63, 3.8) is 0 Å². The van der Waals surface area contributed by atoms with Gasteiger partial charge in [0.25, 0.3) is 0 Å². The molecule has 2 bridgehead atoms. The SMILES string of the molecule is CN(CC1(N(C)C)CCC1)c1nc(OCC2(CN3CC4CCC3CO4)CC2)nc2c(F)c(-c3cc(F)c(F)c4sc(N)c(C#N)c34)ncc12. The number of hydrogen-bond donors (Lipinski definition) is 1. The molecule has 2 aliphatic carbocycles. The van der Waals surface area contributed by atoms with Crippen molar-refractivity contribution in [1.82, 2.24) is 24.8 Å². The van der Waals surface area contributed by atoms with Crippen LogP contribution < -0.4 is 15.4 Å². The number of pyridine rings is 1. The Morgan fingerprint density at radius 1 is 1.14 bits per heavy atom. The minimum atomic E-state index is -1.20. The van der Waals surface area contributed by atoms with Gasteiger partial charge in [-0.25, -0.2) is 13.2 Å². The van der Waals surface area contributed by atoms with Gasteiger partial charge < -0.3 is 25.0 Å². The molecule has 0 amide bonds. The molecule has 2 saturated carbocycles. The number of ether oxygens (including phenoxy) is 2. The van der Waals surface area contributed by atoms with Gasteiger partial charge >= 0.3 is 6.01 Å². The summed E-state index contributed by atoms with van der Waals surface area (Å²) in [4.78, 5) is 20.6. The van der Waals surface area contributed by atoms with E-state index >= 15 is 4.39 Å². The third-order valence-electron chi connectivity index (χ3n) is 11.3. The Balaban J connectivity index is 1.19. The van der Waals surface area contributed by atoms with Crippen LogP contribution in [0.15, 0.2) is 12.3 Å². The highest BCUT2D eigenvalue weighted by Gasteiger charge is 2.48. The molecule has 3 aliphatic heterocycles. The largest absolute Gasteiger partial charge is 0.463 e. The summed E-state index contributed by atoms with van der Waals surface area (Å²) >= 11 is 0.741. The third-order valence-corrected chi connectivity index (χ3v) is 12.3. The number of hydrogen-bond acceptors (Lipinski definition) is 11. The van der Waals surface area contributed by atoms with Crippen molar-refractivity contribution in [2.45, 2.75) is 62.6 Å². The van der Waals surface area contributed by atoms with Gasteiger partial charge in [-0.15, -0.1) is 11.3 Å². The predicted molar refractivity (Wildman–Crippen MR) is 182 cm³/mol. The zero-order valence-corrected chi connectivity index (χ0v) is 28.7. The Bertz CT molecular complexity index is 2000. The van der Waals surface area contributed by atoms with Crippen LogP contribution >= 0.6 is 11.3 Å². The molecule has 10 nitrogen and oxygen atoms in total. The number of thiophene rings is 1. The molecular weight excluding hydrogens is 653 g/mol. The lowest BCUT2D eigenvalue weighted by molar-refractivity contribution is -0.112. The number of aromatic nitrogens is 3. The Morgan fingerprint density at radius 3 is 2.55 bits per heavy atom. The lowest BCUT2D eigenvalue weighted by Gasteiger charge is -2.49. The van der Waals surface area contributed by atoms with E-state index in [1.165, 1.54) is 6.20 Å². The van der Waals surface area contributed by atoms with Crippen molar-refractivity contribution in [2.75, 3.05) is 64.6 Å². The fourth-order valence-corrected chi connectivity index (χ4v) is 8.91. The smallest absolute Gasteiger partial charge is 0.319 e. The molecule has 3 aromatic heterocycles. The number of nitrogen functional groups attached to an aromatic ring is 1. The van der Waals surface area contributed by atoms with Gasteiger partial charge in [-0.2, -0.15) is 15.2 Å². The van der Waals surface area contributed by atoms with Crippen LogP contribution in [0, 0.1) is 34.2 Å². The maximum atomic E-state index is 16.8. The van der Waals surface area contributed by atoms with Crippen molar-refractivity contribution in [1.29, 1.82) is 5.26 Å². The Hall–Kier alpha value is -3.77. The number of anilines is 2. The van der Waals surface area contributed by atoms with Crippen molar-refractivity contribution < 1.29 is 22.6 Å². The number of nitrogens with two attached hydrogens (primary N) is 1. The molecule has 2 N–H and O–H groups in total. The summed E-state index contributed by atoms with van der Waals surface area (Å²) in [6.45, 7) is 3.64. The summed E-state index contributed by atoms with van der Waals surface area (Å²) in [5.41, 5.74) is 5.46. The number of nitriles is 1. The lowest BCUT2D eigenvalue weighted by Crippen LogP contribution is -2.56. The first kappa shape index (κ1) is 32.4. The fourth-order valence-electron chi connectivity index (χ4n) is 7.94. The fraction of sp³-hybridized carbons (Fsp3) is 0.543. The van der Waals surface area contributed by atoms with Gasteiger partial charge in [-0.3, -0.25) is 9.88 Å². The third kappa shape index (κ3) is 5.46. The molecule has 1 aromatic carbocycles. The van der Waals surface area contributed by atoms with Crippen LogP contribution in [-0.2, 0) is 4.74 Å². The summed E-state index contributed by atoms with van der Waals surface area (Å²) in [6.07, 6.45) is 9.22. The average molecular weight is 693 g/mol. The second-order valence-corrected chi connectivity index (χ2v) is 15.7. The maximum absolute atomic E-state index is 16.8. The number of rotatable bonds is 10. The molecule has 4 aromatic rings. The predicted octanol–water partition coefficient (Wildman–Crippen LogP) is 5.72. The van der Waals surface area contributed by atoms with Gasteiger partial charge in [-0.05, 0) is 65.1 Å². The molecule has 6 heterocycles. The molecule has 2 atom stereocenters. The van der Waals surface area contributed by atoms with Crippen LogP contribution in [0.2, 0.25) is 0 Å². The van der Waals surface area contributed by atoms with E-state index in [4.69, 9.17) is 20.2 Å². The van der Waals surface area contributed by atoms with Crippen LogP contribution in [0.5, 0.6) is 6.01 Å². The van der Waals surface area contributed by atoms with Crippen LogP contribution in [-0.4, -0.2) is 96.4 Å². The van der Waals surface area contributed by atoms with Gasteiger partial charge in [-0.1, -0.05) is 0 Å². The highest BCUT2D eigenvalue weighted by Crippen LogP contribution is 2.48. The number of halogens is 3. The second-order valence-electron chi connectivity index (χ2n) is 14.6. The molecule has 0 radical (unpaired) electrons. The molecule has 3 saturated heterocycles. The topological polar surface area (TPSA) is 117 Å². The van der Waals surface area contributed by atoms with Crippen LogP contribution in [0.4, 0.5) is 24.0 Å². The van der Waals surface area contributed by atoms with Gasteiger partial charge in [0.2, 0.25) is 0 Å². The van der Waals surface area contributed by atoms with Crippen molar-refractivity contribution in [3.8, 4) is 23.3 Å². The first-order chi connectivity index (χ1) is 23.5. The quantitative estimate of drug-likeness (QED) is 0.221. The van der Waals surface area contributed by atoms with E-state index in [1.807, 2.05) is 18.0 Å². The van der Waals surface area contributed by atoms with Gasteiger partial charge in [0.15, 0.2) is 17.5 Å². The number of benzene rings is 1. The first-order valence-corrected chi connectivity index (χ1v) is 17.7. The number of likely N-dealkylation sites (N-methyl/N-ethyl adjacent to an activating group) is 2. The summed E-state index contributed by atoms with van der Waals surface area (Å²) in [5.74, 6) is -2.73. The molecule has 2 unspecified atom stereocenters. The van der Waals surface area contributed by atoms with Gasteiger partial charge in [0, 0.05) is 60.8 Å². The number of piperidine rings is 1. The van der Waals surface area contributed by atoms with Crippen molar-refractivity contribution in [3.05, 3.63) is 35.3 Å². The summed E-state index contributed by atoms with van der Waals surface area (Å²) in [7, 11) is 6.05. The van der Waals surface area contributed by atoms with E-state index in [2.05, 4.69) is 33.9 Å². The molecule has 5 aliphatic rings. The number of fused-ring (bicyclic) bond motifs is 5. The number of nitrogens with zero attached hydrogens (tertiary/aromatic N) is 7. The molecule has 258 valence electrons. The standard InChI is InChI=1S/C35H39F3N8O2S/c1-44(2)35(7-4-8-35)17-45(3)32-23-13-41-28(21-11-24(36)26(37)30-25(21)22(12-39)31(40)49-30)27(38)29(23)42-33(43-32)48-18-34(9-10-34)16-46-14-20-6-5-19(46)15-47-20/h11,13,19-20H,4-10,14-18,40H2,1-3H3. The molecule has 14 heteroatoms. The zero-order chi connectivity index (χ0) is 34.2. The minimum absolute atomic E-state index is 0.0103. The van der Waals surface area contributed by atoms with Crippen molar-refractivity contribution in [2.24, 2.45) is 5.41 Å².